The first-order valence-corrected chi connectivity index (χ1v) is 14.2. The van der Waals surface area contributed by atoms with E-state index in [2.05, 4.69) is 31.4 Å². The third-order valence-electron chi connectivity index (χ3n) is 6.94. The number of hydrogen-bond donors (Lipinski definition) is 0. The quantitative estimate of drug-likeness (QED) is 0.218. The molecule has 2 aromatic carbocycles. The van der Waals surface area contributed by atoms with Crippen molar-refractivity contribution in [2.45, 2.75) is 59.7 Å². The first kappa shape index (κ1) is 30.6. The van der Waals surface area contributed by atoms with Crippen LogP contribution in [-0.4, -0.2) is 52.4 Å². The van der Waals surface area contributed by atoms with Gasteiger partial charge in [-0.2, -0.15) is 0 Å². The Morgan fingerprint density at radius 2 is 1.77 bits per heavy atom. The van der Waals surface area contributed by atoms with Gasteiger partial charge in [-0.1, -0.05) is 56.1 Å². The van der Waals surface area contributed by atoms with E-state index in [1.807, 2.05) is 48.4 Å². The molecule has 0 radical (unpaired) electrons. The molecule has 2 amide bonds. The summed E-state index contributed by atoms with van der Waals surface area (Å²) in [6, 6.07) is 16.9. The predicted molar refractivity (Wildman–Crippen MR) is 159 cm³/mol. The number of carbonyl (C=O) groups is 2. The van der Waals surface area contributed by atoms with Crippen LogP contribution in [0.3, 0.4) is 0 Å². The number of methoxy groups -OCH3 is 1. The number of aromatic nitrogens is 1. The van der Waals surface area contributed by atoms with E-state index in [9.17, 15) is 9.59 Å². The molecule has 0 aliphatic carbocycles. The summed E-state index contributed by atoms with van der Waals surface area (Å²) in [6.45, 7) is 9.90. The molecule has 0 aliphatic rings. The predicted octanol–water partition coefficient (Wildman–Crippen LogP) is 7.17. The van der Waals surface area contributed by atoms with Gasteiger partial charge in [0.25, 0.3) is 5.91 Å². The van der Waals surface area contributed by atoms with Crippen molar-refractivity contribution in [3.05, 3.63) is 87.7 Å². The summed E-state index contributed by atoms with van der Waals surface area (Å²) >= 11 is 12.3. The molecule has 8 heteroatoms. The van der Waals surface area contributed by atoms with Gasteiger partial charge in [-0.3, -0.25) is 9.59 Å². The third kappa shape index (κ3) is 8.51. The number of hydrogen-bond acceptors (Lipinski definition) is 3. The van der Waals surface area contributed by atoms with Crippen molar-refractivity contribution in [2.75, 3.05) is 20.2 Å². The lowest BCUT2D eigenvalue weighted by molar-refractivity contribution is -0.134. The molecule has 0 N–H and O–H groups in total. The van der Waals surface area contributed by atoms with Crippen molar-refractivity contribution in [3.8, 4) is 5.75 Å². The summed E-state index contributed by atoms with van der Waals surface area (Å²) in [6.07, 6.45) is 3.61. The molecule has 0 saturated carbocycles. The van der Waals surface area contributed by atoms with Crippen LogP contribution in [0.15, 0.2) is 60.8 Å². The second-order valence-electron chi connectivity index (χ2n) is 10.3. The van der Waals surface area contributed by atoms with Crippen molar-refractivity contribution in [1.82, 2.24) is 14.4 Å². The van der Waals surface area contributed by atoms with Gasteiger partial charge in [-0.25, -0.2) is 0 Å². The number of nitrogens with zero attached hydrogens (tertiary/aromatic N) is 3. The minimum atomic E-state index is -0.229. The highest BCUT2D eigenvalue weighted by Gasteiger charge is 2.26. The molecule has 0 aliphatic heterocycles. The second kappa shape index (κ2) is 14.4. The van der Waals surface area contributed by atoms with E-state index in [1.54, 1.807) is 30.2 Å². The molecular formula is C31H39Cl2N3O3. The molecule has 3 aromatic rings. The molecule has 3 rings (SSSR count). The molecule has 0 fully saturated rings. The number of amides is 2. The van der Waals surface area contributed by atoms with E-state index >= 15 is 0 Å². The number of halogens is 2. The fraction of sp³-hybridized carbons (Fsp3) is 0.419. The number of carbonyl (C=O) groups excluding carboxylic acids is 2. The maximum Gasteiger partial charge on any atom is 0.254 e. The van der Waals surface area contributed by atoms with Crippen LogP contribution >= 0.6 is 23.2 Å². The average Bonchev–Trinajstić information content (AvgIpc) is 3.36. The molecule has 1 atom stereocenters. The van der Waals surface area contributed by atoms with Crippen LogP contribution in [0.4, 0.5) is 0 Å². The van der Waals surface area contributed by atoms with Gasteiger partial charge < -0.3 is 19.1 Å². The van der Waals surface area contributed by atoms with E-state index in [1.165, 1.54) is 0 Å². The van der Waals surface area contributed by atoms with Gasteiger partial charge in [0.05, 0.1) is 23.7 Å². The highest BCUT2D eigenvalue weighted by atomic mass is 35.5. The van der Waals surface area contributed by atoms with Crippen LogP contribution in [0.25, 0.3) is 0 Å². The molecule has 0 bridgehead atoms. The summed E-state index contributed by atoms with van der Waals surface area (Å²) < 4.78 is 7.52. The molecule has 1 heterocycles. The molecule has 1 unspecified atom stereocenters. The van der Waals surface area contributed by atoms with Crippen molar-refractivity contribution in [2.24, 2.45) is 5.92 Å². The van der Waals surface area contributed by atoms with E-state index in [0.29, 0.717) is 41.2 Å². The van der Waals surface area contributed by atoms with Gasteiger partial charge >= 0.3 is 0 Å². The van der Waals surface area contributed by atoms with Crippen molar-refractivity contribution < 1.29 is 14.3 Å². The van der Waals surface area contributed by atoms with Gasteiger partial charge in [0.15, 0.2) is 0 Å². The Labute approximate surface area is 242 Å². The Morgan fingerprint density at radius 3 is 2.44 bits per heavy atom. The third-order valence-corrected chi connectivity index (χ3v) is 7.68. The van der Waals surface area contributed by atoms with Crippen molar-refractivity contribution in [1.29, 1.82) is 0 Å². The largest absolute Gasteiger partial charge is 0.497 e. The first-order valence-electron chi connectivity index (χ1n) is 13.4. The second-order valence-corrected chi connectivity index (χ2v) is 11.1. The zero-order valence-corrected chi connectivity index (χ0v) is 25.0. The monoisotopic (exact) mass is 571 g/mol. The summed E-state index contributed by atoms with van der Waals surface area (Å²) in [5.41, 5.74) is 2.56. The van der Waals surface area contributed by atoms with Gasteiger partial charge in [-0.05, 0) is 73.7 Å². The van der Waals surface area contributed by atoms with Gasteiger partial charge in [-0.15, -0.1) is 0 Å². The SMILES string of the molecule is CCC(C)N(Cc1cccn1Cc1cccc(OC)c1)C(=O)CN(CCC(C)C)C(=O)c1ccc(Cl)c(Cl)c1. The van der Waals surface area contributed by atoms with E-state index in [0.717, 1.165) is 29.8 Å². The standard InChI is InChI=1S/C31H39Cl2N3O3/c1-6-23(4)36(20-26-10-8-15-34(26)19-24-9-7-11-27(17-24)39-5)30(37)21-35(16-14-22(2)3)31(38)25-12-13-28(32)29(33)18-25/h7-13,15,17-18,22-23H,6,14,16,19-21H2,1-5H3. The fourth-order valence-corrected chi connectivity index (χ4v) is 4.63. The van der Waals surface area contributed by atoms with E-state index in [4.69, 9.17) is 27.9 Å². The lowest BCUT2D eigenvalue weighted by Gasteiger charge is -2.32. The minimum absolute atomic E-state index is 0.00435. The topological polar surface area (TPSA) is 54.8 Å². The molecule has 0 spiro atoms. The highest BCUT2D eigenvalue weighted by molar-refractivity contribution is 6.42. The van der Waals surface area contributed by atoms with Gasteiger partial charge in [0, 0.05) is 36.6 Å². The molecule has 210 valence electrons. The maximum absolute atomic E-state index is 13.8. The summed E-state index contributed by atoms with van der Waals surface area (Å²) in [7, 11) is 1.66. The molecule has 6 nitrogen and oxygen atoms in total. The highest BCUT2D eigenvalue weighted by Crippen LogP contribution is 2.24. The Balaban J connectivity index is 1.82. The van der Waals surface area contributed by atoms with Gasteiger partial charge in [0.2, 0.25) is 5.91 Å². The van der Waals surface area contributed by atoms with Crippen LogP contribution < -0.4 is 4.74 Å². The van der Waals surface area contributed by atoms with E-state index in [-0.39, 0.29) is 24.4 Å². The molecule has 0 saturated heterocycles. The zero-order valence-electron chi connectivity index (χ0n) is 23.5. The summed E-state index contributed by atoms with van der Waals surface area (Å²) in [5.74, 6) is 0.879. The molecule has 1 aromatic heterocycles. The van der Waals surface area contributed by atoms with Crippen LogP contribution in [0, 0.1) is 5.92 Å². The first-order chi connectivity index (χ1) is 18.6. The number of benzene rings is 2. The normalized spacial score (nSPS) is 11.9. The Bertz CT molecular complexity index is 1260. The average molecular weight is 573 g/mol. The van der Waals surface area contributed by atoms with Crippen molar-refractivity contribution in [3.63, 3.8) is 0 Å². The molecular weight excluding hydrogens is 533 g/mol. The fourth-order valence-electron chi connectivity index (χ4n) is 4.33. The van der Waals surface area contributed by atoms with Crippen LogP contribution in [0.1, 0.15) is 62.2 Å². The van der Waals surface area contributed by atoms with Crippen molar-refractivity contribution >= 4 is 35.0 Å². The lowest BCUT2D eigenvalue weighted by Crippen LogP contribution is -2.46. The Morgan fingerprint density at radius 1 is 1.00 bits per heavy atom. The van der Waals surface area contributed by atoms with E-state index < -0.39 is 0 Å². The van der Waals surface area contributed by atoms with Crippen LogP contribution in [0.5, 0.6) is 5.75 Å². The number of rotatable bonds is 13. The Hall–Kier alpha value is -2.96. The number of ether oxygens (including phenoxy) is 1. The van der Waals surface area contributed by atoms with Gasteiger partial charge in [0.1, 0.15) is 12.3 Å². The zero-order chi connectivity index (χ0) is 28.5. The van der Waals surface area contributed by atoms with Crippen LogP contribution in [0.2, 0.25) is 10.0 Å². The van der Waals surface area contributed by atoms with Crippen LogP contribution in [-0.2, 0) is 17.9 Å². The summed E-state index contributed by atoms with van der Waals surface area (Å²) in [5, 5.41) is 0.702. The smallest absolute Gasteiger partial charge is 0.254 e. The minimum Gasteiger partial charge on any atom is -0.497 e. The Kier molecular flexibility index (Phi) is 11.3. The lowest BCUT2D eigenvalue weighted by atomic mass is 10.1. The maximum atomic E-state index is 13.8. The molecule has 39 heavy (non-hydrogen) atoms. The summed E-state index contributed by atoms with van der Waals surface area (Å²) in [4.78, 5) is 30.8.